The molecule has 0 spiro atoms. The lowest BCUT2D eigenvalue weighted by atomic mass is 9.98. The van der Waals surface area contributed by atoms with E-state index < -0.39 is 35.8 Å². The summed E-state index contributed by atoms with van der Waals surface area (Å²) in [5, 5.41) is 7.91. The van der Waals surface area contributed by atoms with Gasteiger partial charge in [0, 0.05) is 0 Å². The Balaban J connectivity index is 2.27. The minimum atomic E-state index is -4.16. The van der Waals surface area contributed by atoms with Crippen LogP contribution >= 0.6 is 12.0 Å². The number of hydrogen-bond acceptors (Lipinski definition) is 8. The topological polar surface area (TPSA) is 94.1 Å². The fraction of sp³-hybridized carbons (Fsp3) is 0.800. The number of ether oxygens (including phenoxy) is 2. The third-order valence-corrected chi connectivity index (χ3v) is 3.08. The predicted octanol–water partition coefficient (Wildman–Crippen LogP) is 0.870. The Labute approximate surface area is 117 Å². The van der Waals surface area contributed by atoms with Gasteiger partial charge in [0.2, 0.25) is 0 Å². The average Bonchev–Trinajstić information content (AvgIpc) is 2.43. The Morgan fingerprint density at radius 3 is 2.50 bits per heavy atom. The maximum atomic E-state index is 12.9. The van der Waals surface area contributed by atoms with Crippen LogP contribution in [-0.2, 0) is 28.4 Å². The molecule has 0 saturated heterocycles. The molecule has 116 valence electrons. The third-order valence-electron chi connectivity index (χ3n) is 2.58. The molecular weight excluding hydrogens is 302 g/mol. The number of esters is 2. The van der Waals surface area contributed by atoms with E-state index >= 15 is 0 Å². The smallest absolute Gasteiger partial charge is 0.415 e. The van der Waals surface area contributed by atoms with Crippen molar-refractivity contribution in [3.05, 3.63) is 0 Å². The lowest BCUT2D eigenvalue weighted by Crippen LogP contribution is -2.31. The molecule has 10 heteroatoms. The van der Waals surface area contributed by atoms with Crippen LogP contribution in [0.1, 0.15) is 32.1 Å². The van der Waals surface area contributed by atoms with Crippen molar-refractivity contribution in [3.63, 3.8) is 0 Å². The molecule has 0 amide bonds. The van der Waals surface area contributed by atoms with E-state index in [-0.39, 0.29) is 6.10 Å². The lowest BCUT2D eigenvalue weighted by molar-refractivity contribution is -0.777. The van der Waals surface area contributed by atoms with Gasteiger partial charge in [0.25, 0.3) is 0 Å². The highest BCUT2D eigenvalue weighted by Crippen LogP contribution is 2.31. The molecule has 0 N–H and O–H groups in total. The molecule has 0 aromatic heterocycles. The van der Waals surface area contributed by atoms with E-state index in [1.807, 2.05) is 0 Å². The van der Waals surface area contributed by atoms with Crippen molar-refractivity contribution in [3.8, 4) is 0 Å². The van der Waals surface area contributed by atoms with Gasteiger partial charge >= 0.3 is 17.2 Å². The Kier molecular flexibility index (Phi) is 7.13. The Hall–Kier alpha value is -0.970. The largest absolute Gasteiger partial charge is 0.691 e. The first-order valence-corrected chi connectivity index (χ1v) is 6.58. The van der Waals surface area contributed by atoms with E-state index in [1.54, 1.807) is 0 Å². The lowest BCUT2D eigenvalue weighted by Gasteiger charge is -2.21. The Bertz CT molecular complexity index is 334. The SMILES string of the molecule is O=C(COC(=O)C(F)(F)SOO[O-])OC1CCCCC1. The fourth-order valence-corrected chi connectivity index (χ4v) is 1.94. The van der Waals surface area contributed by atoms with Gasteiger partial charge < -0.3 is 14.7 Å². The van der Waals surface area contributed by atoms with Gasteiger partial charge in [-0.05, 0) is 25.7 Å². The number of halogens is 2. The zero-order chi connectivity index (χ0) is 15.0. The molecular formula is C10H13F2O7S-. The zero-order valence-corrected chi connectivity index (χ0v) is 11.2. The zero-order valence-electron chi connectivity index (χ0n) is 10.3. The summed E-state index contributed by atoms with van der Waals surface area (Å²) in [6.45, 7) is -0.927. The first kappa shape index (κ1) is 17.1. The minimum absolute atomic E-state index is 0.262. The second-order valence-electron chi connectivity index (χ2n) is 4.06. The van der Waals surface area contributed by atoms with Crippen LogP contribution in [0.5, 0.6) is 0 Å². The summed E-state index contributed by atoms with van der Waals surface area (Å²) in [7, 11) is 0. The first-order chi connectivity index (χ1) is 9.45. The number of hydrogen-bond donors (Lipinski definition) is 0. The van der Waals surface area contributed by atoms with E-state index in [2.05, 4.69) is 14.1 Å². The van der Waals surface area contributed by atoms with Crippen LogP contribution in [-0.4, -0.2) is 29.9 Å². The average molecular weight is 315 g/mol. The summed E-state index contributed by atoms with van der Waals surface area (Å²) in [6, 6.07) is 0. The van der Waals surface area contributed by atoms with Gasteiger partial charge in [0.1, 0.15) is 18.1 Å². The summed E-state index contributed by atoms with van der Waals surface area (Å²) in [6.07, 6.45) is 4.08. The van der Waals surface area contributed by atoms with Gasteiger partial charge in [-0.2, -0.15) is 13.1 Å². The molecule has 0 aliphatic heterocycles. The molecule has 1 saturated carbocycles. The van der Waals surface area contributed by atoms with Crippen molar-refractivity contribution < 1.29 is 42.5 Å². The van der Waals surface area contributed by atoms with E-state index in [0.717, 1.165) is 19.3 Å². The first-order valence-electron chi connectivity index (χ1n) is 5.84. The van der Waals surface area contributed by atoms with E-state index in [0.29, 0.717) is 12.8 Å². The van der Waals surface area contributed by atoms with Crippen LogP contribution in [0.4, 0.5) is 8.78 Å². The van der Waals surface area contributed by atoms with Crippen molar-refractivity contribution in [2.45, 2.75) is 43.5 Å². The molecule has 0 bridgehead atoms. The third kappa shape index (κ3) is 5.99. The number of carbonyl (C=O) groups is 2. The van der Waals surface area contributed by atoms with Crippen molar-refractivity contribution in [1.82, 2.24) is 0 Å². The Morgan fingerprint density at radius 2 is 1.90 bits per heavy atom. The minimum Gasteiger partial charge on any atom is -0.691 e. The van der Waals surface area contributed by atoms with Crippen molar-refractivity contribution in [2.75, 3.05) is 6.61 Å². The molecule has 0 heterocycles. The van der Waals surface area contributed by atoms with Crippen LogP contribution < -0.4 is 5.26 Å². The van der Waals surface area contributed by atoms with Crippen LogP contribution in [0, 0.1) is 0 Å². The molecule has 1 aliphatic carbocycles. The fourth-order valence-electron chi connectivity index (χ4n) is 1.70. The standard InChI is InChI=1S/C10H14F2O7S/c11-10(12,20-19-18-15)9(14)16-6-8(13)17-7-4-2-1-3-5-7/h7,15H,1-6H2/p-1. The van der Waals surface area contributed by atoms with Gasteiger partial charge in [-0.25, -0.2) is 9.59 Å². The van der Waals surface area contributed by atoms with Crippen molar-refractivity contribution in [1.29, 1.82) is 0 Å². The summed E-state index contributed by atoms with van der Waals surface area (Å²) in [5.41, 5.74) is 0. The van der Waals surface area contributed by atoms with Crippen LogP contribution in [0.2, 0.25) is 0 Å². The molecule has 1 fully saturated rings. The number of alkyl halides is 2. The molecule has 0 radical (unpaired) electrons. The quantitative estimate of drug-likeness (QED) is 0.296. The summed E-state index contributed by atoms with van der Waals surface area (Å²) in [4.78, 5) is 22.2. The highest BCUT2D eigenvalue weighted by atomic mass is 32.2. The molecule has 0 unspecified atom stereocenters. The maximum Gasteiger partial charge on any atom is 0.415 e. The summed E-state index contributed by atoms with van der Waals surface area (Å²) >= 11 is -0.821. The van der Waals surface area contributed by atoms with Gasteiger partial charge in [-0.1, -0.05) is 6.42 Å². The second-order valence-corrected chi connectivity index (χ2v) is 4.88. The maximum absolute atomic E-state index is 12.9. The van der Waals surface area contributed by atoms with Crippen molar-refractivity contribution in [2.24, 2.45) is 0 Å². The Morgan fingerprint density at radius 1 is 1.25 bits per heavy atom. The van der Waals surface area contributed by atoms with Gasteiger partial charge in [-0.3, -0.25) is 5.04 Å². The van der Waals surface area contributed by atoms with E-state index in [9.17, 15) is 23.6 Å². The van der Waals surface area contributed by atoms with E-state index in [1.165, 1.54) is 0 Å². The summed E-state index contributed by atoms with van der Waals surface area (Å²) < 4.78 is 38.2. The highest BCUT2D eigenvalue weighted by Gasteiger charge is 2.44. The number of carbonyl (C=O) groups excluding carboxylic acids is 2. The highest BCUT2D eigenvalue weighted by molar-refractivity contribution is 7.96. The molecule has 20 heavy (non-hydrogen) atoms. The van der Waals surface area contributed by atoms with E-state index in [4.69, 9.17) is 4.74 Å². The molecule has 0 aromatic carbocycles. The molecule has 0 atom stereocenters. The number of rotatable bonds is 7. The second kappa shape index (κ2) is 8.35. The molecule has 1 rings (SSSR count). The molecule has 0 aromatic rings. The molecule has 7 nitrogen and oxygen atoms in total. The molecule has 1 aliphatic rings. The van der Waals surface area contributed by atoms with Crippen molar-refractivity contribution >= 4 is 24.0 Å². The van der Waals surface area contributed by atoms with Crippen LogP contribution in [0.3, 0.4) is 0 Å². The van der Waals surface area contributed by atoms with Gasteiger partial charge in [0.05, 0.1) is 0 Å². The predicted molar refractivity (Wildman–Crippen MR) is 58.6 cm³/mol. The normalized spacial score (nSPS) is 16.8. The van der Waals surface area contributed by atoms with Gasteiger partial charge in [-0.15, -0.1) is 0 Å². The monoisotopic (exact) mass is 315 g/mol. The van der Waals surface area contributed by atoms with Gasteiger partial charge in [0.15, 0.2) is 6.61 Å². The van der Waals surface area contributed by atoms with Crippen LogP contribution in [0.15, 0.2) is 0 Å². The van der Waals surface area contributed by atoms with Crippen LogP contribution in [0.25, 0.3) is 0 Å². The summed E-state index contributed by atoms with van der Waals surface area (Å²) in [5.74, 6) is -2.92.